The number of carboxylic acid groups (broad SMARTS) is 1. The molecule has 27 heavy (non-hydrogen) atoms. The third-order valence-electron chi connectivity index (χ3n) is 4.25. The highest BCUT2D eigenvalue weighted by molar-refractivity contribution is 5.75. The van der Waals surface area contributed by atoms with Crippen molar-refractivity contribution in [3.63, 3.8) is 0 Å². The van der Waals surface area contributed by atoms with Crippen molar-refractivity contribution in [3.05, 3.63) is 42.5 Å². The zero-order valence-corrected chi connectivity index (χ0v) is 15.3. The maximum atomic E-state index is 11.2. The lowest BCUT2D eigenvalue weighted by Crippen LogP contribution is -2.36. The number of nitrogens with one attached hydrogen (secondary N) is 1. The second-order valence-electron chi connectivity index (χ2n) is 6.67. The average molecular weight is 370 g/mol. The maximum Gasteiger partial charge on any atom is 0.331 e. The fraction of sp³-hybridized carbons (Fsp3) is 0.389. The van der Waals surface area contributed by atoms with Crippen LogP contribution in [0.25, 0.3) is 11.4 Å². The predicted molar refractivity (Wildman–Crippen MR) is 97.2 cm³/mol. The van der Waals surface area contributed by atoms with E-state index in [9.17, 15) is 9.90 Å². The van der Waals surface area contributed by atoms with Crippen LogP contribution in [0.15, 0.2) is 36.8 Å². The summed E-state index contributed by atoms with van der Waals surface area (Å²) in [7, 11) is 0. The molecule has 0 aliphatic carbocycles. The molecule has 0 spiro atoms. The first-order valence-electron chi connectivity index (χ1n) is 8.70. The SMILES string of the molecule is CC(C)(C(=O)O)n1cc(CCCCOc2ccc(-c3ccn[nH]3)nc2)nn1. The zero-order valence-electron chi connectivity index (χ0n) is 15.3. The largest absolute Gasteiger partial charge is 0.492 e. The van der Waals surface area contributed by atoms with Gasteiger partial charge in [-0.2, -0.15) is 5.10 Å². The molecule has 142 valence electrons. The summed E-state index contributed by atoms with van der Waals surface area (Å²) in [6.07, 6.45) is 7.49. The molecule has 0 unspecified atom stereocenters. The standard InChI is InChI=1S/C18H22N6O3/c1-18(2,17(25)26)24-12-13(21-23-24)5-3-4-10-27-14-6-7-15(19-11-14)16-8-9-20-22-16/h6-9,11-12H,3-5,10H2,1-2H3,(H,20,22)(H,25,26). The zero-order chi connectivity index (χ0) is 19.3. The predicted octanol–water partition coefficient (Wildman–Crippen LogP) is 2.28. The normalized spacial score (nSPS) is 11.5. The number of H-pyrrole nitrogens is 1. The Hall–Kier alpha value is -3.23. The monoisotopic (exact) mass is 370 g/mol. The topological polar surface area (TPSA) is 119 Å². The molecule has 3 aromatic heterocycles. The van der Waals surface area contributed by atoms with Gasteiger partial charge < -0.3 is 9.84 Å². The van der Waals surface area contributed by atoms with Gasteiger partial charge >= 0.3 is 5.97 Å². The maximum absolute atomic E-state index is 11.2. The number of pyridine rings is 1. The smallest absolute Gasteiger partial charge is 0.331 e. The van der Waals surface area contributed by atoms with Gasteiger partial charge in [0.2, 0.25) is 0 Å². The van der Waals surface area contributed by atoms with Gasteiger partial charge in [-0.05, 0) is 51.3 Å². The summed E-state index contributed by atoms with van der Waals surface area (Å²) in [6.45, 7) is 3.75. The molecule has 0 aliphatic rings. The van der Waals surface area contributed by atoms with Crippen LogP contribution in [0.3, 0.4) is 0 Å². The van der Waals surface area contributed by atoms with Gasteiger partial charge in [0, 0.05) is 12.4 Å². The summed E-state index contributed by atoms with van der Waals surface area (Å²) in [5.41, 5.74) is 1.34. The highest BCUT2D eigenvalue weighted by Crippen LogP contribution is 2.17. The van der Waals surface area contributed by atoms with Crippen molar-refractivity contribution in [2.24, 2.45) is 0 Å². The van der Waals surface area contributed by atoms with E-state index in [0.717, 1.165) is 36.3 Å². The molecule has 0 radical (unpaired) electrons. The lowest BCUT2D eigenvalue weighted by molar-refractivity contribution is -0.146. The van der Waals surface area contributed by atoms with Crippen molar-refractivity contribution in [2.45, 2.75) is 38.6 Å². The minimum Gasteiger partial charge on any atom is -0.492 e. The van der Waals surface area contributed by atoms with Crippen molar-refractivity contribution in [1.29, 1.82) is 0 Å². The number of rotatable bonds is 9. The van der Waals surface area contributed by atoms with Crippen molar-refractivity contribution >= 4 is 5.97 Å². The van der Waals surface area contributed by atoms with Crippen molar-refractivity contribution in [2.75, 3.05) is 6.61 Å². The van der Waals surface area contributed by atoms with Crippen LogP contribution in [0.1, 0.15) is 32.4 Å². The molecule has 3 aromatic rings. The molecular formula is C18H22N6O3. The van der Waals surface area contributed by atoms with Crippen LogP contribution in [0.4, 0.5) is 0 Å². The summed E-state index contributed by atoms with van der Waals surface area (Å²) in [6, 6.07) is 5.62. The summed E-state index contributed by atoms with van der Waals surface area (Å²) in [5, 5.41) is 24.0. The van der Waals surface area contributed by atoms with Crippen LogP contribution in [0, 0.1) is 0 Å². The first kappa shape index (κ1) is 18.6. The fourth-order valence-corrected chi connectivity index (χ4v) is 2.41. The molecule has 0 amide bonds. The van der Waals surface area contributed by atoms with Gasteiger partial charge in [-0.3, -0.25) is 10.1 Å². The average Bonchev–Trinajstić information content (AvgIpc) is 3.34. The van der Waals surface area contributed by atoms with E-state index >= 15 is 0 Å². The lowest BCUT2D eigenvalue weighted by Gasteiger charge is -2.18. The number of unbranched alkanes of at least 4 members (excludes halogenated alkanes) is 1. The molecule has 0 fully saturated rings. The minimum absolute atomic E-state index is 0.569. The third kappa shape index (κ3) is 4.49. The molecule has 9 nitrogen and oxygen atoms in total. The highest BCUT2D eigenvalue weighted by Gasteiger charge is 2.30. The second-order valence-corrected chi connectivity index (χ2v) is 6.67. The summed E-state index contributed by atoms with van der Waals surface area (Å²) in [5.74, 6) is -0.230. The Bertz CT molecular complexity index is 871. The van der Waals surface area contributed by atoms with E-state index in [2.05, 4.69) is 25.5 Å². The molecule has 0 saturated carbocycles. The van der Waals surface area contributed by atoms with Crippen LogP contribution in [-0.2, 0) is 16.8 Å². The lowest BCUT2D eigenvalue weighted by atomic mass is 10.1. The van der Waals surface area contributed by atoms with Crippen LogP contribution in [0.2, 0.25) is 0 Å². The van der Waals surface area contributed by atoms with Crippen LogP contribution in [-0.4, -0.2) is 47.9 Å². The van der Waals surface area contributed by atoms with Crippen LogP contribution >= 0.6 is 0 Å². The third-order valence-corrected chi connectivity index (χ3v) is 4.25. The summed E-state index contributed by atoms with van der Waals surface area (Å²) in [4.78, 5) is 15.6. The van der Waals surface area contributed by atoms with Crippen LogP contribution in [0.5, 0.6) is 5.75 Å². The Morgan fingerprint density at radius 1 is 1.30 bits per heavy atom. The van der Waals surface area contributed by atoms with Gasteiger partial charge in [0.25, 0.3) is 0 Å². The number of aromatic nitrogens is 6. The molecule has 3 heterocycles. The molecule has 3 rings (SSSR count). The molecule has 0 aromatic carbocycles. The Kier molecular flexibility index (Phi) is 5.49. The van der Waals surface area contributed by atoms with Gasteiger partial charge in [-0.25, -0.2) is 9.48 Å². The number of carbonyl (C=O) groups is 1. The Balaban J connectivity index is 1.41. The number of aliphatic carboxylic acids is 1. The molecule has 0 saturated heterocycles. The number of aryl methyl sites for hydroxylation is 1. The fourth-order valence-electron chi connectivity index (χ4n) is 2.41. The van der Waals surface area contributed by atoms with Gasteiger partial charge in [0.1, 0.15) is 5.75 Å². The van der Waals surface area contributed by atoms with E-state index < -0.39 is 11.5 Å². The van der Waals surface area contributed by atoms with Crippen molar-refractivity contribution in [1.82, 2.24) is 30.2 Å². The van der Waals surface area contributed by atoms with E-state index in [-0.39, 0.29) is 0 Å². The van der Waals surface area contributed by atoms with E-state index in [4.69, 9.17) is 4.74 Å². The van der Waals surface area contributed by atoms with E-state index in [1.54, 1.807) is 32.4 Å². The van der Waals surface area contributed by atoms with Gasteiger partial charge in [-0.15, -0.1) is 5.10 Å². The molecule has 0 aliphatic heterocycles. The van der Waals surface area contributed by atoms with E-state index in [1.165, 1.54) is 4.68 Å². The number of hydrogen-bond donors (Lipinski definition) is 2. The van der Waals surface area contributed by atoms with E-state index in [1.807, 2.05) is 18.2 Å². The molecule has 0 atom stereocenters. The number of nitrogens with zero attached hydrogens (tertiary/aromatic N) is 5. The molecule has 9 heteroatoms. The van der Waals surface area contributed by atoms with Crippen molar-refractivity contribution in [3.8, 4) is 17.1 Å². The Labute approximate surface area is 156 Å². The quantitative estimate of drug-likeness (QED) is 0.555. The second kappa shape index (κ2) is 7.98. The first-order valence-corrected chi connectivity index (χ1v) is 8.70. The van der Waals surface area contributed by atoms with Gasteiger partial charge in [0.05, 0.1) is 29.9 Å². The number of ether oxygens (including phenoxy) is 1. The molecule has 0 bridgehead atoms. The van der Waals surface area contributed by atoms with Gasteiger partial charge in [0.15, 0.2) is 5.54 Å². The minimum atomic E-state index is -1.11. The number of aromatic amines is 1. The van der Waals surface area contributed by atoms with E-state index in [0.29, 0.717) is 12.4 Å². The number of carboxylic acids is 1. The molecular weight excluding hydrogens is 348 g/mol. The first-order chi connectivity index (χ1) is 13.0. The summed E-state index contributed by atoms with van der Waals surface area (Å²) < 4.78 is 7.08. The molecule has 2 N–H and O–H groups in total. The Morgan fingerprint density at radius 3 is 2.81 bits per heavy atom. The Morgan fingerprint density at radius 2 is 2.15 bits per heavy atom. The van der Waals surface area contributed by atoms with Gasteiger partial charge in [-0.1, -0.05) is 5.21 Å². The highest BCUT2D eigenvalue weighted by atomic mass is 16.5. The van der Waals surface area contributed by atoms with Crippen LogP contribution < -0.4 is 4.74 Å². The van der Waals surface area contributed by atoms with Crippen molar-refractivity contribution < 1.29 is 14.6 Å². The summed E-state index contributed by atoms with van der Waals surface area (Å²) >= 11 is 0. The number of hydrogen-bond acceptors (Lipinski definition) is 6.